The topological polar surface area (TPSA) is 47.6 Å². The van der Waals surface area contributed by atoms with Gasteiger partial charge in [-0.1, -0.05) is 23.7 Å². The molecule has 0 radical (unpaired) electrons. The van der Waals surface area contributed by atoms with Crippen LogP contribution in [0.25, 0.3) is 0 Å². The monoisotopic (exact) mass is 289 g/mol. The van der Waals surface area contributed by atoms with Gasteiger partial charge in [-0.05, 0) is 30.3 Å². The molecule has 0 spiro atoms. The van der Waals surface area contributed by atoms with Gasteiger partial charge in [0.25, 0.3) is 5.91 Å². The van der Waals surface area contributed by atoms with Crippen LogP contribution < -0.4 is 14.8 Å². The number of carbonyl (C=O) groups excluding carboxylic acids is 1. The Hall–Kier alpha value is -2.20. The Morgan fingerprint density at radius 1 is 1.05 bits per heavy atom. The van der Waals surface area contributed by atoms with E-state index in [1.165, 1.54) is 0 Å². The normalized spacial score (nSPS) is 12.8. The molecule has 0 aromatic heterocycles. The highest BCUT2D eigenvalue weighted by molar-refractivity contribution is 6.33. The van der Waals surface area contributed by atoms with Gasteiger partial charge in [-0.25, -0.2) is 0 Å². The molecule has 0 unspecified atom stereocenters. The van der Waals surface area contributed by atoms with Crippen molar-refractivity contribution in [2.75, 3.05) is 18.5 Å². The van der Waals surface area contributed by atoms with E-state index in [1.54, 1.807) is 30.3 Å². The number of fused-ring (bicyclic) bond motifs is 1. The molecule has 1 aliphatic heterocycles. The highest BCUT2D eigenvalue weighted by Crippen LogP contribution is 2.31. The van der Waals surface area contributed by atoms with Crippen LogP contribution in [0.5, 0.6) is 11.5 Å². The smallest absolute Gasteiger partial charge is 0.255 e. The summed E-state index contributed by atoms with van der Waals surface area (Å²) in [7, 11) is 0. The molecular formula is C15H12ClNO3. The highest BCUT2D eigenvalue weighted by atomic mass is 35.5. The molecule has 20 heavy (non-hydrogen) atoms. The molecule has 102 valence electrons. The van der Waals surface area contributed by atoms with Crippen molar-refractivity contribution in [3.8, 4) is 11.5 Å². The lowest BCUT2D eigenvalue weighted by Gasteiger charge is -2.18. The average molecular weight is 290 g/mol. The molecule has 0 aliphatic carbocycles. The fourth-order valence-electron chi connectivity index (χ4n) is 1.94. The van der Waals surface area contributed by atoms with Gasteiger partial charge in [-0.15, -0.1) is 0 Å². The van der Waals surface area contributed by atoms with E-state index in [2.05, 4.69) is 5.32 Å². The number of anilines is 1. The Morgan fingerprint density at radius 3 is 2.60 bits per heavy atom. The number of rotatable bonds is 2. The summed E-state index contributed by atoms with van der Waals surface area (Å²) in [5.41, 5.74) is 1.07. The van der Waals surface area contributed by atoms with Gasteiger partial charge in [-0.3, -0.25) is 4.79 Å². The predicted octanol–water partition coefficient (Wildman–Crippen LogP) is 3.36. The van der Waals surface area contributed by atoms with Gasteiger partial charge in [0.05, 0.1) is 10.7 Å². The van der Waals surface area contributed by atoms with Gasteiger partial charge in [0.2, 0.25) is 0 Å². The quantitative estimate of drug-likeness (QED) is 0.922. The first-order valence-electron chi connectivity index (χ1n) is 6.19. The van der Waals surface area contributed by atoms with Gasteiger partial charge in [0.15, 0.2) is 11.5 Å². The SMILES string of the molecule is O=C(Nc1ccccc1Cl)c1ccc2c(c1)OCCO2. The lowest BCUT2D eigenvalue weighted by molar-refractivity contribution is 0.102. The molecule has 0 saturated heterocycles. The summed E-state index contributed by atoms with van der Waals surface area (Å²) in [5.74, 6) is 1.00. The van der Waals surface area contributed by atoms with Crippen LogP contribution >= 0.6 is 11.6 Å². The number of amides is 1. The average Bonchev–Trinajstić information content (AvgIpc) is 2.49. The van der Waals surface area contributed by atoms with Gasteiger partial charge < -0.3 is 14.8 Å². The van der Waals surface area contributed by atoms with E-state index >= 15 is 0 Å². The van der Waals surface area contributed by atoms with Crippen LogP contribution in [0, 0.1) is 0 Å². The van der Waals surface area contributed by atoms with E-state index in [0.29, 0.717) is 41.0 Å². The van der Waals surface area contributed by atoms with Crippen LogP contribution in [0.3, 0.4) is 0 Å². The van der Waals surface area contributed by atoms with Gasteiger partial charge in [-0.2, -0.15) is 0 Å². The zero-order valence-electron chi connectivity index (χ0n) is 10.6. The standard InChI is InChI=1S/C15H12ClNO3/c16-11-3-1-2-4-12(11)17-15(18)10-5-6-13-14(9-10)20-8-7-19-13/h1-6,9H,7-8H2,(H,17,18). The van der Waals surface area contributed by atoms with E-state index in [-0.39, 0.29) is 5.91 Å². The van der Waals surface area contributed by atoms with Crippen LogP contribution in [-0.4, -0.2) is 19.1 Å². The maximum absolute atomic E-state index is 12.2. The molecule has 1 aliphatic rings. The highest BCUT2D eigenvalue weighted by Gasteiger charge is 2.15. The number of carbonyl (C=O) groups is 1. The van der Waals surface area contributed by atoms with Crippen molar-refractivity contribution in [3.05, 3.63) is 53.1 Å². The molecule has 0 bridgehead atoms. The molecule has 1 heterocycles. The van der Waals surface area contributed by atoms with Crippen LogP contribution in [-0.2, 0) is 0 Å². The Morgan fingerprint density at radius 2 is 1.80 bits per heavy atom. The van der Waals surface area contributed by atoms with Crippen molar-refractivity contribution in [2.45, 2.75) is 0 Å². The van der Waals surface area contributed by atoms with Crippen LogP contribution in [0.15, 0.2) is 42.5 Å². The molecule has 4 nitrogen and oxygen atoms in total. The first-order valence-corrected chi connectivity index (χ1v) is 6.57. The summed E-state index contributed by atoms with van der Waals surface area (Å²) in [4.78, 5) is 12.2. The van der Waals surface area contributed by atoms with E-state index in [0.717, 1.165) is 0 Å². The Labute approximate surface area is 121 Å². The Kier molecular flexibility index (Phi) is 3.48. The minimum absolute atomic E-state index is 0.241. The van der Waals surface area contributed by atoms with E-state index in [4.69, 9.17) is 21.1 Å². The first-order chi connectivity index (χ1) is 9.74. The zero-order valence-corrected chi connectivity index (χ0v) is 11.3. The molecule has 5 heteroatoms. The molecular weight excluding hydrogens is 278 g/mol. The molecule has 1 N–H and O–H groups in total. The maximum Gasteiger partial charge on any atom is 0.255 e. The molecule has 0 fully saturated rings. The van der Waals surface area contributed by atoms with Gasteiger partial charge in [0.1, 0.15) is 13.2 Å². The largest absolute Gasteiger partial charge is 0.486 e. The van der Waals surface area contributed by atoms with Gasteiger partial charge >= 0.3 is 0 Å². The summed E-state index contributed by atoms with van der Waals surface area (Å²) in [6, 6.07) is 12.2. The van der Waals surface area contributed by atoms with Gasteiger partial charge in [0, 0.05) is 5.56 Å². The lowest BCUT2D eigenvalue weighted by Crippen LogP contribution is -2.17. The summed E-state index contributed by atoms with van der Waals surface area (Å²) in [6.07, 6.45) is 0. The number of benzene rings is 2. The van der Waals surface area contributed by atoms with Crippen molar-refractivity contribution in [2.24, 2.45) is 0 Å². The number of halogens is 1. The third-order valence-corrected chi connectivity index (χ3v) is 3.26. The van der Waals surface area contributed by atoms with E-state index < -0.39 is 0 Å². The summed E-state index contributed by atoms with van der Waals surface area (Å²) < 4.78 is 10.9. The van der Waals surface area contributed by atoms with Crippen molar-refractivity contribution in [3.63, 3.8) is 0 Å². The molecule has 2 aromatic carbocycles. The van der Waals surface area contributed by atoms with E-state index in [1.807, 2.05) is 12.1 Å². The second kappa shape index (κ2) is 5.43. The Balaban J connectivity index is 1.82. The minimum atomic E-state index is -0.241. The number of hydrogen-bond donors (Lipinski definition) is 1. The number of ether oxygens (including phenoxy) is 2. The summed E-state index contributed by atoms with van der Waals surface area (Å²) >= 11 is 6.01. The fraction of sp³-hybridized carbons (Fsp3) is 0.133. The second-order valence-corrected chi connectivity index (χ2v) is 4.70. The second-order valence-electron chi connectivity index (χ2n) is 4.29. The summed E-state index contributed by atoms with van der Waals surface area (Å²) in [5, 5.41) is 3.26. The molecule has 1 amide bonds. The summed E-state index contributed by atoms with van der Waals surface area (Å²) in [6.45, 7) is 1.01. The minimum Gasteiger partial charge on any atom is -0.486 e. The van der Waals surface area contributed by atoms with Crippen molar-refractivity contribution in [1.29, 1.82) is 0 Å². The molecule has 0 atom stereocenters. The lowest BCUT2D eigenvalue weighted by atomic mass is 10.1. The van der Waals surface area contributed by atoms with Crippen molar-refractivity contribution in [1.82, 2.24) is 0 Å². The van der Waals surface area contributed by atoms with Crippen LogP contribution in [0.2, 0.25) is 5.02 Å². The number of hydrogen-bond acceptors (Lipinski definition) is 3. The number of para-hydroxylation sites is 1. The first kappa shape index (κ1) is 12.8. The third kappa shape index (κ3) is 2.56. The predicted molar refractivity (Wildman–Crippen MR) is 76.8 cm³/mol. The fourth-order valence-corrected chi connectivity index (χ4v) is 2.12. The third-order valence-electron chi connectivity index (χ3n) is 2.93. The van der Waals surface area contributed by atoms with E-state index in [9.17, 15) is 4.79 Å². The molecule has 2 aromatic rings. The zero-order chi connectivity index (χ0) is 13.9. The number of nitrogens with one attached hydrogen (secondary N) is 1. The van der Waals surface area contributed by atoms with Crippen LogP contribution in [0.1, 0.15) is 10.4 Å². The molecule has 0 saturated carbocycles. The van der Waals surface area contributed by atoms with Crippen molar-refractivity contribution < 1.29 is 14.3 Å². The maximum atomic E-state index is 12.2. The van der Waals surface area contributed by atoms with Crippen LogP contribution in [0.4, 0.5) is 5.69 Å². The Bertz CT molecular complexity index is 657. The van der Waals surface area contributed by atoms with Crippen molar-refractivity contribution >= 4 is 23.2 Å². The molecule has 3 rings (SSSR count).